The van der Waals surface area contributed by atoms with Crippen molar-refractivity contribution in [3.63, 3.8) is 0 Å². The number of benzene rings is 2. The van der Waals surface area contributed by atoms with E-state index in [2.05, 4.69) is 36.5 Å². The molecule has 3 unspecified atom stereocenters. The molecule has 0 radical (unpaired) electrons. The molecular weight excluding hydrogens is 298 g/mol. The van der Waals surface area contributed by atoms with Gasteiger partial charge in [0.1, 0.15) is 11.5 Å². The van der Waals surface area contributed by atoms with Gasteiger partial charge in [-0.15, -0.1) is 0 Å². The highest BCUT2D eigenvalue weighted by molar-refractivity contribution is 5.69. The van der Waals surface area contributed by atoms with Gasteiger partial charge >= 0.3 is 0 Å². The van der Waals surface area contributed by atoms with Crippen LogP contribution in [0, 0.1) is 12.8 Å². The Morgan fingerprint density at radius 3 is 2.71 bits per heavy atom. The number of hydrogen-bond acceptors (Lipinski definition) is 3. The summed E-state index contributed by atoms with van der Waals surface area (Å²) in [6.07, 6.45) is 5.64. The highest BCUT2D eigenvalue weighted by Gasteiger charge is 2.39. The summed E-state index contributed by atoms with van der Waals surface area (Å²) in [6, 6.07) is 12.3. The summed E-state index contributed by atoms with van der Waals surface area (Å²) in [4.78, 5) is 0. The fourth-order valence-electron chi connectivity index (χ4n) is 4.15. The van der Waals surface area contributed by atoms with Gasteiger partial charge < -0.3 is 15.2 Å². The number of rotatable bonds is 3. The van der Waals surface area contributed by atoms with Crippen molar-refractivity contribution in [1.82, 2.24) is 0 Å². The lowest BCUT2D eigenvalue weighted by molar-refractivity contribution is 0.340. The van der Waals surface area contributed by atoms with Crippen LogP contribution in [0.4, 0.5) is 5.69 Å². The van der Waals surface area contributed by atoms with Crippen molar-refractivity contribution < 1.29 is 9.84 Å². The quantitative estimate of drug-likeness (QED) is 0.622. The third-order valence-corrected chi connectivity index (χ3v) is 5.27. The number of phenols is 1. The maximum Gasteiger partial charge on any atom is 0.139 e. The van der Waals surface area contributed by atoms with Crippen molar-refractivity contribution in [2.45, 2.75) is 32.2 Å². The number of anilines is 1. The number of allylic oxidation sites excluding steroid dienone is 2. The standard InChI is InChI=1S/C21H23NO2/c1-3-24-15-10-8-14(9-11-15)20-17-6-4-5-16(17)19-13(2)7-12-18(23)21(19)22-20/h4-5,7-12,16-17,20,22-23H,3,6H2,1-2H3. The van der Waals surface area contributed by atoms with Crippen LogP contribution in [-0.4, -0.2) is 11.7 Å². The monoisotopic (exact) mass is 321 g/mol. The summed E-state index contributed by atoms with van der Waals surface area (Å²) in [5.41, 5.74) is 4.61. The van der Waals surface area contributed by atoms with E-state index in [1.54, 1.807) is 6.07 Å². The smallest absolute Gasteiger partial charge is 0.139 e. The molecule has 0 amide bonds. The molecule has 0 bridgehead atoms. The highest BCUT2D eigenvalue weighted by Crippen LogP contribution is 2.53. The van der Waals surface area contributed by atoms with Gasteiger partial charge in [0.05, 0.1) is 18.3 Å². The van der Waals surface area contributed by atoms with E-state index in [0.29, 0.717) is 24.2 Å². The lowest BCUT2D eigenvalue weighted by Gasteiger charge is -2.38. The summed E-state index contributed by atoms with van der Waals surface area (Å²) < 4.78 is 5.55. The molecule has 4 rings (SSSR count). The minimum absolute atomic E-state index is 0.195. The number of fused-ring (bicyclic) bond motifs is 3. The second-order valence-corrected chi connectivity index (χ2v) is 6.67. The lowest BCUT2D eigenvalue weighted by atomic mass is 9.75. The van der Waals surface area contributed by atoms with Gasteiger partial charge in [-0.3, -0.25) is 0 Å². The summed E-state index contributed by atoms with van der Waals surface area (Å²) >= 11 is 0. The second kappa shape index (κ2) is 5.90. The summed E-state index contributed by atoms with van der Waals surface area (Å²) in [6.45, 7) is 4.80. The largest absolute Gasteiger partial charge is 0.506 e. The Labute approximate surface area is 143 Å². The van der Waals surface area contributed by atoms with Crippen LogP contribution in [0.15, 0.2) is 48.6 Å². The van der Waals surface area contributed by atoms with Crippen LogP contribution in [0.3, 0.4) is 0 Å². The summed E-state index contributed by atoms with van der Waals surface area (Å²) in [5.74, 6) is 2.09. The Hall–Kier alpha value is -2.42. The van der Waals surface area contributed by atoms with Crippen molar-refractivity contribution >= 4 is 5.69 Å². The van der Waals surface area contributed by atoms with Gasteiger partial charge in [0, 0.05) is 5.92 Å². The van der Waals surface area contributed by atoms with Crippen LogP contribution in [0.5, 0.6) is 11.5 Å². The van der Waals surface area contributed by atoms with E-state index < -0.39 is 0 Å². The minimum atomic E-state index is 0.195. The lowest BCUT2D eigenvalue weighted by Crippen LogP contribution is -2.29. The van der Waals surface area contributed by atoms with Crippen LogP contribution < -0.4 is 10.1 Å². The van der Waals surface area contributed by atoms with Gasteiger partial charge in [0.2, 0.25) is 0 Å². The van der Waals surface area contributed by atoms with Gasteiger partial charge in [0.15, 0.2) is 0 Å². The molecule has 3 heteroatoms. The normalized spacial score (nSPS) is 24.2. The van der Waals surface area contributed by atoms with Crippen molar-refractivity contribution in [3.05, 3.63) is 65.2 Å². The molecule has 2 aliphatic rings. The molecule has 2 aromatic carbocycles. The third-order valence-electron chi connectivity index (χ3n) is 5.27. The average Bonchev–Trinajstić information content (AvgIpc) is 3.08. The average molecular weight is 321 g/mol. The molecule has 1 aliphatic carbocycles. The zero-order chi connectivity index (χ0) is 16.7. The van der Waals surface area contributed by atoms with Crippen LogP contribution in [0.1, 0.15) is 42.0 Å². The molecule has 1 heterocycles. The second-order valence-electron chi connectivity index (χ2n) is 6.67. The number of aromatic hydroxyl groups is 1. The number of aryl methyl sites for hydroxylation is 1. The van der Waals surface area contributed by atoms with Gasteiger partial charge in [0.25, 0.3) is 0 Å². The molecule has 2 aromatic rings. The Morgan fingerprint density at radius 2 is 1.96 bits per heavy atom. The zero-order valence-electron chi connectivity index (χ0n) is 14.1. The molecule has 2 N–H and O–H groups in total. The first-order chi connectivity index (χ1) is 11.7. The Balaban J connectivity index is 1.74. The minimum Gasteiger partial charge on any atom is -0.506 e. The molecule has 0 saturated heterocycles. The first-order valence-corrected chi connectivity index (χ1v) is 8.67. The zero-order valence-corrected chi connectivity index (χ0v) is 14.1. The van der Waals surface area contributed by atoms with Crippen molar-refractivity contribution in [3.8, 4) is 11.5 Å². The van der Waals surface area contributed by atoms with Gasteiger partial charge in [-0.1, -0.05) is 30.4 Å². The van der Waals surface area contributed by atoms with Crippen LogP contribution in [0.25, 0.3) is 0 Å². The van der Waals surface area contributed by atoms with Crippen molar-refractivity contribution in [2.75, 3.05) is 11.9 Å². The van der Waals surface area contributed by atoms with Crippen LogP contribution in [0.2, 0.25) is 0 Å². The molecule has 0 saturated carbocycles. The summed E-state index contributed by atoms with van der Waals surface area (Å²) in [5, 5.41) is 14.0. The fourth-order valence-corrected chi connectivity index (χ4v) is 4.15. The van der Waals surface area contributed by atoms with Crippen molar-refractivity contribution in [2.24, 2.45) is 5.92 Å². The van der Waals surface area contributed by atoms with Crippen LogP contribution in [-0.2, 0) is 0 Å². The molecular formula is C21H23NO2. The first kappa shape index (κ1) is 15.1. The molecule has 124 valence electrons. The van der Waals surface area contributed by atoms with E-state index in [0.717, 1.165) is 17.9 Å². The van der Waals surface area contributed by atoms with E-state index in [1.807, 2.05) is 25.1 Å². The topological polar surface area (TPSA) is 41.5 Å². The highest BCUT2D eigenvalue weighted by atomic mass is 16.5. The van der Waals surface area contributed by atoms with E-state index in [9.17, 15) is 5.11 Å². The summed E-state index contributed by atoms with van der Waals surface area (Å²) in [7, 11) is 0. The van der Waals surface area contributed by atoms with Gasteiger partial charge in [-0.2, -0.15) is 0 Å². The number of phenolic OH excluding ortho intramolecular Hbond substituents is 1. The van der Waals surface area contributed by atoms with Crippen molar-refractivity contribution in [1.29, 1.82) is 0 Å². The van der Waals surface area contributed by atoms with Gasteiger partial charge in [-0.05, 0) is 61.1 Å². The van der Waals surface area contributed by atoms with E-state index >= 15 is 0 Å². The van der Waals surface area contributed by atoms with E-state index in [-0.39, 0.29) is 6.04 Å². The number of hydrogen-bond donors (Lipinski definition) is 2. The number of nitrogens with one attached hydrogen (secondary N) is 1. The van der Waals surface area contributed by atoms with Gasteiger partial charge in [-0.25, -0.2) is 0 Å². The Kier molecular flexibility index (Phi) is 3.72. The van der Waals surface area contributed by atoms with Crippen LogP contribution >= 0.6 is 0 Å². The first-order valence-electron chi connectivity index (χ1n) is 8.67. The maximum absolute atomic E-state index is 10.4. The number of ether oxygens (including phenoxy) is 1. The predicted octanol–water partition coefficient (Wildman–Crippen LogP) is 4.93. The molecule has 0 spiro atoms. The predicted molar refractivity (Wildman–Crippen MR) is 96.8 cm³/mol. The fraction of sp³-hybridized carbons (Fsp3) is 0.333. The molecule has 24 heavy (non-hydrogen) atoms. The molecule has 3 nitrogen and oxygen atoms in total. The molecule has 1 aliphatic heterocycles. The Morgan fingerprint density at radius 1 is 1.17 bits per heavy atom. The van der Waals surface area contributed by atoms with E-state index in [4.69, 9.17) is 4.74 Å². The van der Waals surface area contributed by atoms with E-state index in [1.165, 1.54) is 16.7 Å². The molecule has 0 fully saturated rings. The maximum atomic E-state index is 10.4. The molecule has 0 aromatic heterocycles. The Bertz CT molecular complexity index is 779. The SMILES string of the molecule is CCOc1ccc(C2Nc3c(O)ccc(C)c3C3C=CCC32)cc1. The molecule has 3 atom stereocenters. The third kappa shape index (κ3) is 2.35.